The van der Waals surface area contributed by atoms with Crippen LogP contribution in [0.4, 0.5) is 15.8 Å². The SMILES string of the molecule is FC(P)(P)c1ccc(Nc2ccccc2-c2nnn(CC3COC3)n2)cc1. The van der Waals surface area contributed by atoms with Gasteiger partial charge in [-0.05, 0) is 35.0 Å². The number of nitrogens with one attached hydrogen (secondary N) is 1. The summed E-state index contributed by atoms with van der Waals surface area (Å²) in [6.45, 7) is 2.20. The summed E-state index contributed by atoms with van der Waals surface area (Å²) in [5.74, 6) is 1.02. The van der Waals surface area contributed by atoms with Crippen LogP contribution in [0.2, 0.25) is 0 Å². The van der Waals surface area contributed by atoms with Gasteiger partial charge in [0.05, 0.1) is 19.8 Å². The Bertz CT molecular complexity index is 922. The van der Waals surface area contributed by atoms with Crippen LogP contribution in [-0.4, -0.2) is 33.4 Å². The molecule has 2 aromatic carbocycles. The van der Waals surface area contributed by atoms with Crippen LogP contribution >= 0.6 is 18.5 Å². The van der Waals surface area contributed by atoms with Gasteiger partial charge in [0, 0.05) is 22.9 Å². The highest BCUT2D eigenvalue weighted by Gasteiger charge is 2.21. The summed E-state index contributed by atoms with van der Waals surface area (Å²) >= 11 is 0. The lowest BCUT2D eigenvalue weighted by molar-refractivity contribution is -0.0427. The Kier molecular flexibility index (Phi) is 5.18. The molecule has 1 aromatic heterocycles. The maximum Gasteiger partial charge on any atom is 0.207 e. The zero-order valence-electron chi connectivity index (χ0n) is 14.5. The van der Waals surface area contributed by atoms with Gasteiger partial charge in [-0.3, -0.25) is 0 Å². The molecule has 0 bridgehead atoms. The van der Waals surface area contributed by atoms with E-state index >= 15 is 0 Å². The van der Waals surface area contributed by atoms with Crippen molar-refractivity contribution in [3.05, 3.63) is 54.1 Å². The smallest absolute Gasteiger partial charge is 0.207 e. The molecule has 3 aromatic rings. The van der Waals surface area contributed by atoms with E-state index in [1.807, 2.05) is 36.4 Å². The van der Waals surface area contributed by atoms with Crippen molar-refractivity contribution in [2.45, 2.75) is 11.7 Å². The molecule has 2 atom stereocenters. The van der Waals surface area contributed by atoms with Crippen molar-refractivity contribution < 1.29 is 9.13 Å². The number of nitrogens with zero attached hydrogens (tertiary/aromatic N) is 4. The Balaban J connectivity index is 1.54. The van der Waals surface area contributed by atoms with Crippen LogP contribution in [0.25, 0.3) is 11.4 Å². The fourth-order valence-electron chi connectivity index (χ4n) is 2.80. The van der Waals surface area contributed by atoms with E-state index in [1.165, 1.54) is 0 Å². The summed E-state index contributed by atoms with van der Waals surface area (Å²) in [6.07, 6.45) is 0. The van der Waals surface area contributed by atoms with E-state index in [0.717, 1.165) is 30.2 Å². The summed E-state index contributed by atoms with van der Waals surface area (Å²) in [4.78, 5) is 1.62. The summed E-state index contributed by atoms with van der Waals surface area (Å²) in [5, 5.41) is 14.7. The van der Waals surface area contributed by atoms with Gasteiger partial charge in [-0.2, -0.15) is 4.80 Å². The Morgan fingerprint density at radius 2 is 1.89 bits per heavy atom. The van der Waals surface area contributed by atoms with Gasteiger partial charge < -0.3 is 10.1 Å². The molecule has 1 N–H and O–H groups in total. The lowest BCUT2D eigenvalue weighted by atomic mass is 10.1. The first-order valence-electron chi connectivity index (χ1n) is 8.58. The molecule has 0 aliphatic carbocycles. The maximum absolute atomic E-state index is 14.0. The third-order valence-electron chi connectivity index (χ3n) is 4.36. The first kappa shape index (κ1) is 18.4. The normalized spacial score (nSPS) is 14.8. The Labute approximate surface area is 161 Å². The van der Waals surface area contributed by atoms with Crippen molar-refractivity contribution in [3.8, 4) is 11.4 Å². The fraction of sp³-hybridized carbons (Fsp3) is 0.278. The number of hydrogen-bond donors (Lipinski definition) is 1. The van der Waals surface area contributed by atoms with Crippen LogP contribution in [0.1, 0.15) is 5.56 Å². The molecule has 2 heterocycles. The summed E-state index contributed by atoms with van der Waals surface area (Å²) in [7, 11) is 4.34. The number of ether oxygens (including phenoxy) is 1. The second kappa shape index (κ2) is 7.59. The molecule has 0 radical (unpaired) electrons. The van der Waals surface area contributed by atoms with Gasteiger partial charge in [-0.25, -0.2) is 4.39 Å². The van der Waals surface area contributed by atoms with Gasteiger partial charge in [0.25, 0.3) is 0 Å². The minimum absolute atomic E-state index is 0.454. The van der Waals surface area contributed by atoms with Crippen LogP contribution in [0.3, 0.4) is 0 Å². The molecule has 4 rings (SSSR count). The third kappa shape index (κ3) is 4.32. The maximum atomic E-state index is 14.0. The predicted molar refractivity (Wildman–Crippen MR) is 109 cm³/mol. The molecular formula is C18H20FN5OP2. The lowest BCUT2D eigenvalue weighted by Crippen LogP contribution is -2.32. The van der Waals surface area contributed by atoms with E-state index < -0.39 is 5.15 Å². The van der Waals surface area contributed by atoms with Crippen molar-refractivity contribution in [2.75, 3.05) is 18.5 Å². The minimum Gasteiger partial charge on any atom is -0.381 e. The molecule has 27 heavy (non-hydrogen) atoms. The molecule has 1 fully saturated rings. The zero-order chi connectivity index (χ0) is 18.9. The summed E-state index contributed by atoms with van der Waals surface area (Å²) in [5.41, 5.74) is 3.14. The number of aromatic nitrogens is 4. The van der Waals surface area contributed by atoms with Crippen molar-refractivity contribution in [2.24, 2.45) is 5.92 Å². The van der Waals surface area contributed by atoms with Gasteiger partial charge in [-0.1, -0.05) is 42.7 Å². The number of rotatable bonds is 6. The van der Waals surface area contributed by atoms with Crippen molar-refractivity contribution in [1.29, 1.82) is 0 Å². The fourth-order valence-corrected chi connectivity index (χ4v) is 3.19. The summed E-state index contributed by atoms with van der Waals surface area (Å²) in [6, 6.07) is 15.0. The first-order valence-corrected chi connectivity index (χ1v) is 9.74. The van der Waals surface area contributed by atoms with Crippen molar-refractivity contribution in [1.82, 2.24) is 20.2 Å². The van der Waals surface area contributed by atoms with Gasteiger partial charge in [0.1, 0.15) is 0 Å². The highest BCUT2D eigenvalue weighted by Crippen LogP contribution is 2.40. The van der Waals surface area contributed by atoms with E-state index in [1.54, 1.807) is 16.9 Å². The van der Waals surface area contributed by atoms with Gasteiger partial charge in [0.2, 0.25) is 5.82 Å². The first-order chi connectivity index (χ1) is 13.0. The molecule has 140 valence electrons. The van der Waals surface area contributed by atoms with Crippen molar-refractivity contribution in [3.63, 3.8) is 0 Å². The minimum atomic E-state index is -1.52. The molecule has 1 saturated heterocycles. The number of anilines is 2. The topological polar surface area (TPSA) is 64.9 Å². The zero-order valence-corrected chi connectivity index (χ0v) is 16.9. The number of hydrogen-bond acceptors (Lipinski definition) is 5. The molecule has 0 saturated carbocycles. The Morgan fingerprint density at radius 1 is 1.15 bits per heavy atom. The van der Waals surface area contributed by atoms with Crippen LogP contribution in [-0.2, 0) is 16.4 Å². The van der Waals surface area contributed by atoms with Gasteiger partial charge in [0.15, 0.2) is 5.15 Å². The second-order valence-corrected chi connectivity index (χ2v) is 8.93. The molecule has 1 aliphatic rings. The van der Waals surface area contributed by atoms with E-state index in [9.17, 15) is 4.39 Å². The molecule has 9 heteroatoms. The molecule has 6 nitrogen and oxygen atoms in total. The lowest BCUT2D eigenvalue weighted by Gasteiger charge is -2.24. The van der Waals surface area contributed by atoms with E-state index in [4.69, 9.17) is 4.74 Å². The number of halogens is 1. The van der Waals surface area contributed by atoms with Gasteiger partial charge in [-0.15, -0.1) is 10.2 Å². The molecule has 2 unspecified atom stereocenters. The molecule has 0 spiro atoms. The summed E-state index contributed by atoms with van der Waals surface area (Å²) < 4.78 is 19.1. The average molecular weight is 403 g/mol. The highest BCUT2D eigenvalue weighted by molar-refractivity contribution is 7.38. The van der Waals surface area contributed by atoms with E-state index in [2.05, 4.69) is 39.2 Å². The van der Waals surface area contributed by atoms with Crippen LogP contribution < -0.4 is 5.32 Å². The monoisotopic (exact) mass is 403 g/mol. The Hall–Kier alpha value is -1.94. The largest absolute Gasteiger partial charge is 0.381 e. The third-order valence-corrected chi connectivity index (χ3v) is 5.02. The van der Waals surface area contributed by atoms with E-state index in [-0.39, 0.29) is 0 Å². The second-order valence-electron chi connectivity index (χ2n) is 6.59. The standard InChI is InChI=1S/C18H20FN5OP2/c19-18(26,27)13-5-7-14(8-6-13)20-16-4-2-1-3-15(16)17-21-23-24(22-17)9-12-10-25-11-12/h1-8,12,20H,9-11,26-27H2. The van der Waals surface area contributed by atoms with Gasteiger partial charge >= 0.3 is 0 Å². The average Bonchev–Trinajstić information content (AvgIpc) is 3.07. The molecule has 0 amide bonds. The molecular weight excluding hydrogens is 383 g/mol. The van der Waals surface area contributed by atoms with Crippen molar-refractivity contribution >= 4 is 29.9 Å². The predicted octanol–water partition coefficient (Wildman–Crippen LogP) is 3.56. The molecule has 1 aliphatic heterocycles. The number of alkyl halides is 1. The van der Waals surface area contributed by atoms with Crippen LogP contribution in [0.15, 0.2) is 48.5 Å². The van der Waals surface area contributed by atoms with E-state index in [0.29, 0.717) is 23.9 Å². The highest BCUT2D eigenvalue weighted by atomic mass is 31.1. The number of tetrazole rings is 1. The Morgan fingerprint density at radius 3 is 2.56 bits per heavy atom. The van der Waals surface area contributed by atoms with Crippen LogP contribution in [0, 0.1) is 5.92 Å². The number of para-hydroxylation sites is 1. The number of benzene rings is 2. The van der Waals surface area contributed by atoms with Crippen LogP contribution in [0.5, 0.6) is 0 Å². The quantitative estimate of drug-likeness (QED) is 0.638.